The molecule has 146 valence electrons. The maximum atomic E-state index is 13.7. The van der Waals surface area contributed by atoms with Crippen molar-refractivity contribution in [2.75, 3.05) is 18.1 Å². The number of nitrogens with one attached hydrogen (secondary N) is 1. The Balaban J connectivity index is 1.85. The fourth-order valence-corrected chi connectivity index (χ4v) is 5.68. The summed E-state index contributed by atoms with van der Waals surface area (Å²) in [5, 5.41) is 3.40. The Bertz CT molecular complexity index is 960. The van der Waals surface area contributed by atoms with Crippen molar-refractivity contribution in [3.63, 3.8) is 0 Å². The number of carbonyl (C=O) groups excluding carboxylic acids is 1. The first-order chi connectivity index (χ1) is 13.3. The van der Waals surface area contributed by atoms with Gasteiger partial charge in [-0.25, -0.2) is 0 Å². The highest BCUT2D eigenvalue weighted by Gasteiger charge is 2.62. The van der Waals surface area contributed by atoms with Crippen molar-refractivity contribution in [2.24, 2.45) is 0 Å². The number of fused-ring (bicyclic) bond motifs is 1. The highest BCUT2D eigenvalue weighted by atomic mass is 16.5. The molecule has 3 aliphatic heterocycles. The standard InChI is InChI=1S/C24H28N2O2/c1-5-16-13-18-20-19(14-16)24(25-11-12-28-24)21(27)26(20)22(2,3)15-23(18,4)17-9-7-6-8-10-17/h6-10,13-14,25H,5,11-12,15H2,1-4H3. The molecule has 0 aromatic heterocycles. The van der Waals surface area contributed by atoms with Crippen LogP contribution in [0.1, 0.15) is 56.4 Å². The number of amides is 1. The molecule has 0 aliphatic carbocycles. The first-order valence-corrected chi connectivity index (χ1v) is 10.3. The molecule has 2 unspecified atom stereocenters. The quantitative estimate of drug-likeness (QED) is 0.865. The second-order valence-corrected chi connectivity index (χ2v) is 9.18. The fraction of sp³-hybridized carbons (Fsp3) is 0.458. The monoisotopic (exact) mass is 376 g/mol. The third-order valence-corrected chi connectivity index (χ3v) is 6.88. The summed E-state index contributed by atoms with van der Waals surface area (Å²) in [6.45, 7) is 10.1. The van der Waals surface area contributed by atoms with E-state index in [0.29, 0.717) is 13.2 Å². The summed E-state index contributed by atoms with van der Waals surface area (Å²) in [5.74, 6) is 0.0367. The first-order valence-electron chi connectivity index (χ1n) is 10.3. The molecule has 0 bridgehead atoms. The van der Waals surface area contributed by atoms with Gasteiger partial charge in [-0.1, -0.05) is 50.2 Å². The maximum absolute atomic E-state index is 13.7. The molecule has 3 heterocycles. The van der Waals surface area contributed by atoms with E-state index in [2.05, 4.69) is 75.5 Å². The Morgan fingerprint density at radius 2 is 1.82 bits per heavy atom. The Morgan fingerprint density at radius 1 is 1.11 bits per heavy atom. The fourth-order valence-electron chi connectivity index (χ4n) is 5.68. The molecule has 1 amide bonds. The van der Waals surface area contributed by atoms with Crippen LogP contribution in [0, 0.1) is 0 Å². The lowest BCUT2D eigenvalue weighted by molar-refractivity contribution is -0.141. The molecule has 1 saturated heterocycles. The molecule has 1 spiro atoms. The van der Waals surface area contributed by atoms with E-state index >= 15 is 0 Å². The largest absolute Gasteiger partial charge is 0.346 e. The van der Waals surface area contributed by atoms with Gasteiger partial charge in [-0.05, 0) is 49.4 Å². The van der Waals surface area contributed by atoms with Crippen molar-refractivity contribution in [3.05, 3.63) is 64.7 Å². The molecule has 4 nitrogen and oxygen atoms in total. The van der Waals surface area contributed by atoms with Crippen molar-refractivity contribution in [2.45, 2.75) is 57.2 Å². The van der Waals surface area contributed by atoms with Crippen LogP contribution in [-0.2, 0) is 27.1 Å². The Kier molecular flexibility index (Phi) is 3.63. The van der Waals surface area contributed by atoms with Gasteiger partial charge in [-0.15, -0.1) is 0 Å². The molecule has 0 radical (unpaired) electrons. The van der Waals surface area contributed by atoms with Crippen molar-refractivity contribution >= 4 is 11.6 Å². The number of hydrogen-bond donors (Lipinski definition) is 1. The van der Waals surface area contributed by atoms with Crippen LogP contribution in [0.3, 0.4) is 0 Å². The van der Waals surface area contributed by atoms with E-state index in [1.165, 1.54) is 16.7 Å². The maximum Gasteiger partial charge on any atom is 0.280 e. The molecule has 3 aliphatic rings. The van der Waals surface area contributed by atoms with Crippen LogP contribution in [0.5, 0.6) is 0 Å². The van der Waals surface area contributed by atoms with E-state index in [0.717, 1.165) is 24.1 Å². The normalized spacial score (nSPS) is 30.1. The van der Waals surface area contributed by atoms with Crippen LogP contribution >= 0.6 is 0 Å². The molecule has 5 rings (SSSR count). The third-order valence-electron chi connectivity index (χ3n) is 6.88. The average Bonchev–Trinajstić information content (AvgIpc) is 3.26. The molecule has 28 heavy (non-hydrogen) atoms. The molecule has 2 atom stereocenters. The van der Waals surface area contributed by atoms with Gasteiger partial charge >= 0.3 is 0 Å². The number of ether oxygens (including phenoxy) is 1. The van der Waals surface area contributed by atoms with Crippen LogP contribution in [0.15, 0.2) is 42.5 Å². The molecule has 0 saturated carbocycles. The van der Waals surface area contributed by atoms with E-state index in [9.17, 15) is 4.79 Å². The zero-order valence-electron chi connectivity index (χ0n) is 17.1. The zero-order valence-corrected chi connectivity index (χ0v) is 17.1. The van der Waals surface area contributed by atoms with Crippen molar-refractivity contribution < 1.29 is 9.53 Å². The van der Waals surface area contributed by atoms with E-state index in [-0.39, 0.29) is 16.9 Å². The second-order valence-electron chi connectivity index (χ2n) is 9.18. The van der Waals surface area contributed by atoms with Gasteiger partial charge in [-0.2, -0.15) is 0 Å². The van der Waals surface area contributed by atoms with Gasteiger partial charge in [-0.3, -0.25) is 10.1 Å². The highest BCUT2D eigenvalue weighted by Crippen LogP contribution is 2.58. The van der Waals surface area contributed by atoms with Gasteiger partial charge in [0.05, 0.1) is 12.3 Å². The summed E-state index contributed by atoms with van der Waals surface area (Å²) in [6, 6.07) is 15.2. The lowest BCUT2D eigenvalue weighted by atomic mass is 9.65. The van der Waals surface area contributed by atoms with E-state index in [1.54, 1.807) is 0 Å². The van der Waals surface area contributed by atoms with Gasteiger partial charge < -0.3 is 9.64 Å². The van der Waals surface area contributed by atoms with Gasteiger partial charge in [0.15, 0.2) is 0 Å². The molecule has 1 fully saturated rings. The van der Waals surface area contributed by atoms with E-state index in [4.69, 9.17) is 4.74 Å². The topological polar surface area (TPSA) is 41.6 Å². The molecule has 2 aromatic carbocycles. The number of benzene rings is 2. The van der Waals surface area contributed by atoms with Crippen LogP contribution in [0.4, 0.5) is 5.69 Å². The molecule has 4 heteroatoms. The summed E-state index contributed by atoms with van der Waals surface area (Å²) in [7, 11) is 0. The molecular formula is C24H28N2O2. The lowest BCUT2D eigenvalue weighted by Gasteiger charge is -2.50. The van der Waals surface area contributed by atoms with Gasteiger partial charge in [0, 0.05) is 23.1 Å². The minimum atomic E-state index is -1.02. The number of rotatable bonds is 2. The summed E-state index contributed by atoms with van der Waals surface area (Å²) < 4.78 is 6.12. The SMILES string of the molecule is CCc1cc2c3c(c1)C(C)(c1ccccc1)CC(C)(C)N3C(=O)C21NCCO1. The van der Waals surface area contributed by atoms with Crippen molar-refractivity contribution in [3.8, 4) is 0 Å². The Morgan fingerprint density at radius 3 is 2.46 bits per heavy atom. The third kappa shape index (κ3) is 2.10. The van der Waals surface area contributed by atoms with Crippen LogP contribution in [-0.4, -0.2) is 24.6 Å². The predicted molar refractivity (Wildman–Crippen MR) is 111 cm³/mol. The minimum absolute atomic E-state index is 0.0367. The van der Waals surface area contributed by atoms with Gasteiger partial charge in [0.2, 0.25) is 5.72 Å². The summed E-state index contributed by atoms with van der Waals surface area (Å²) in [6.07, 6.45) is 1.80. The van der Waals surface area contributed by atoms with Gasteiger partial charge in [0.1, 0.15) is 0 Å². The Hall–Kier alpha value is -2.17. The van der Waals surface area contributed by atoms with E-state index in [1.807, 2.05) is 4.90 Å². The van der Waals surface area contributed by atoms with Crippen molar-refractivity contribution in [1.29, 1.82) is 0 Å². The first kappa shape index (κ1) is 17.9. The zero-order chi connectivity index (χ0) is 19.7. The number of carbonyl (C=O) groups is 1. The van der Waals surface area contributed by atoms with Crippen LogP contribution in [0.25, 0.3) is 0 Å². The number of aryl methyl sites for hydroxylation is 1. The van der Waals surface area contributed by atoms with Crippen LogP contribution < -0.4 is 10.2 Å². The summed E-state index contributed by atoms with van der Waals surface area (Å²) in [5.41, 5.74) is 4.35. The number of anilines is 1. The summed E-state index contributed by atoms with van der Waals surface area (Å²) in [4.78, 5) is 15.7. The number of hydrogen-bond acceptors (Lipinski definition) is 3. The molecule has 1 N–H and O–H groups in total. The Labute approximate surface area is 166 Å². The summed E-state index contributed by atoms with van der Waals surface area (Å²) >= 11 is 0. The molecule has 2 aromatic rings. The van der Waals surface area contributed by atoms with E-state index < -0.39 is 5.72 Å². The highest BCUT2D eigenvalue weighted by molar-refractivity contribution is 6.09. The second kappa shape index (κ2) is 5.68. The van der Waals surface area contributed by atoms with Gasteiger partial charge in [0.25, 0.3) is 5.91 Å². The lowest BCUT2D eigenvalue weighted by Crippen LogP contribution is -2.58. The number of nitrogens with zero attached hydrogens (tertiary/aromatic N) is 1. The van der Waals surface area contributed by atoms with Crippen LogP contribution in [0.2, 0.25) is 0 Å². The minimum Gasteiger partial charge on any atom is -0.346 e. The average molecular weight is 377 g/mol. The smallest absolute Gasteiger partial charge is 0.280 e. The molecular weight excluding hydrogens is 348 g/mol. The predicted octanol–water partition coefficient (Wildman–Crippen LogP) is 3.86. The van der Waals surface area contributed by atoms with Crippen molar-refractivity contribution in [1.82, 2.24) is 5.32 Å².